The number of rotatable bonds is 7. The fraction of sp³-hybridized carbons (Fsp3) is 0.107. The number of nitrogens with zero attached hydrogens (tertiary/aromatic N) is 2. The highest BCUT2D eigenvalue weighted by Crippen LogP contribution is 2.30. The van der Waals surface area contributed by atoms with E-state index in [9.17, 15) is 19.8 Å². The van der Waals surface area contributed by atoms with E-state index in [4.69, 9.17) is 11.6 Å². The van der Waals surface area contributed by atoms with Crippen LogP contribution in [0.25, 0.3) is 5.69 Å². The van der Waals surface area contributed by atoms with Gasteiger partial charge in [-0.15, -0.1) is 0 Å². The van der Waals surface area contributed by atoms with Crippen LogP contribution in [0.4, 0.5) is 0 Å². The Morgan fingerprint density at radius 2 is 1.53 bits per heavy atom. The standard InChI is InChI=1S/C28H24ClN3O4/c1-18-15-21(19(2)32(18)25-16-20(26(33)34)13-14-24(25)29)17-30-31-27(35)28(36,22-9-5-3-6-10-22)23-11-7-4-8-12-23/h3-17,36H,1-2H3,(H,31,35)(H,33,34)/b30-17+. The van der Waals surface area contributed by atoms with Crippen LogP contribution in [0.2, 0.25) is 5.02 Å². The lowest BCUT2D eigenvalue weighted by atomic mass is 9.85. The maximum atomic E-state index is 13.2. The molecule has 182 valence electrons. The van der Waals surface area contributed by atoms with Crippen LogP contribution in [-0.4, -0.2) is 32.9 Å². The third-order valence-electron chi connectivity index (χ3n) is 5.99. The van der Waals surface area contributed by atoms with Crippen molar-refractivity contribution in [3.8, 4) is 5.69 Å². The number of hydrogen-bond acceptors (Lipinski definition) is 4. The van der Waals surface area contributed by atoms with E-state index in [1.807, 2.05) is 24.5 Å². The molecule has 36 heavy (non-hydrogen) atoms. The Bertz CT molecular complexity index is 1410. The van der Waals surface area contributed by atoms with E-state index in [-0.39, 0.29) is 5.56 Å². The van der Waals surface area contributed by atoms with Gasteiger partial charge in [-0.3, -0.25) is 4.79 Å². The molecule has 0 saturated heterocycles. The molecule has 0 atom stereocenters. The van der Waals surface area contributed by atoms with Crippen LogP contribution in [0.3, 0.4) is 0 Å². The molecule has 0 unspecified atom stereocenters. The highest BCUT2D eigenvalue weighted by Gasteiger charge is 2.39. The lowest BCUT2D eigenvalue weighted by Gasteiger charge is -2.27. The summed E-state index contributed by atoms with van der Waals surface area (Å²) in [7, 11) is 0. The second-order valence-electron chi connectivity index (χ2n) is 8.27. The number of hydrogen-bond donors (Lipinski definition) is 3. The highest BCUT2D eigenvalue weighted by molar-refractivity contribution is 6.32. The molecule has 0 aliphatic carbocycles. The van der Waals surface area contributed by atoms with Crippen LogP contribution in [-0.2, 0) is 10.4 Å². The van der Waals surface area contributed by atoms with Gasteiger partial charge in [0.15, 0.2) is 5.60 Å². The molecule has 0 radical (unpaired) electrons. The minimum absolute atomic E-state index is 0.116. The zero-order valence-electron chi connectivity index (χ0n) is 19.6. The molecule has 4 rings (SSSR count). The van der Waals surface area contributed by atoms with Gasteiger partial charge in [-0.25, -0.2) is 10.2 Å². The van der Waals surface area contributed by atoms with Gasteiger partial charge in [0.25, 0.3) is 5.91 Å². The molecule has 1 aromatic heterocycles. The molecule has 8 heteroatoms. The largest absolute Gasteiger partial charge is 0.478 e. The fourth-order valence-corrected chi connectivity index (χ4v) is 4.34. The number of hydrazone groups is 1. The molecular weight excluding hydrogens is 478 g/mol. The summed E-state index contributed by atoms with van der Waals surface area (Å²) < 4.78 is 1.82. The van der Waals surface area contributed by atoms with E-state index in [1.165, 1.54) is 18.3 Å². The summed E-state index contributed by atoms with van der Waals surface area (Å²) >= 11 is 6.37. The molecule has 0 aliphatic heterocycles. The number of halogens is 1. The first-order chi connectivity index (χ1) is 17.2. The number of nitrogens with one attached hydrogen (secondary N) is 1. The van der Waals surface area contributed by atoms with Crippen molar-refractivity contribution in [3.63, 3.8) is 0 Å². The van der Waals surface area contributed by atoms with Gasteiger partial charge in [-0.1, -0.05) is 72.3 Å². The number of carboxylic acids is 1. The first kappa shape index (κ1) is 24.9. The van der Waals surface area contributed by atoms with Gasteiger partial charge in [-0.2, -0.15) is 5.10 Å². The number of carboxylic acid groups (broad SMARTS) is 1. The van der Waals surface area contributed by atoms with E-state index < -0.39 is 17.5 Å². The molecule has 0 spiro atoms. The van der Waals surface area contributed by atoms with Crippen molar-refractivity contribution in [2.24, 2.45) is 5.10 Å². The fourth-order valence-electron chi connectivity index (χ4n) is 4.13. The predicted molar refractivity (Wildman–Crippen MR) is 139 cm³/mol. The Balaban J connectivity index is 1.64. The number of aryl methyl sites for hydroxylation is 1. The third-order valence-corrected chi connectivity index (χ3v) is 6.31. The Morgan fingerprint density at radius 1 is 0.944 bits per heavy atom. The summed E-state index contributed by atoms with van der Waals surface area (Å²) in [4.78, 5) is 24.7. The number of aromatic nitrogens is 1. The molecule has 7 nitrogen and oxygen atoms in total. The van der Waals surface area contributed by atoms with Crippen LogP contribution in [0, 0.1) is 13.8 Å². The Morgan fingerprint density at radius 3 is 2.08 bits per heavy atom. The van der Waals surface area contributed by atoms with Crippen LogP contribution in [0.15, 0.2) is 90.0 Å². The Hall–Kier alpha value is -4.20. The van der Waals surface area contributed by atoms with Gasteiger partial charge < -0.3 is 14.8 Å². The van der Waals surface area contributed by atoms with Crippen molar-refractivity contribution >= 4 is 29.7 Å². The van der Waals surface area contributed by atoms with E-state index >= 15 is 0 Å². The van der Waals surface area contributed by atoms with Crippen molar-refractivity contribution in [1.82, 2.24) is 9.99 Å². The average Bonchev–Trinajstić information content (AvgIpc) is 3.17. The quantitative estimate of drug-likeness (QED) is 0.249. The Labute approximate surface area is 213 Å². The molecule has 4 aromatic rings. The van der Waals surface area contributed by atoms with Crippen LogP contribution in [0.5, 0.6) is 0 Å². The van der Waals surface area contributed by atoms with Crippen molar-refractivity contribution in [2.45, 2.75) is 19.4 Å². The van der Waals surface area contributed by atoms with E-state index in [0.717, 1.165) is 11.4 Å². The normalized spacial score (nSPS) is 11.6. The summed E-state index contributed by atoms with van der Waals surface area (Å²) in [5, 5.41) is 25.4. The first-order valence-corrected chi connectivity index (χ1v) is 11.5. The molecule has 0 aliphatic rings. The summed E-state index contributed by atoms with van der Waals surface area (Å²) in [5.74, 6) is -1.76. The van der Waals surface area contributed by atoms with Crippen LogP contribution >= 0.6 is 11.6 Å². The molecule has 1 heterocycles. The van der Waals surface area contributed by atoms with Crippen molar-refractivity contribution in [3.05, 3.63) is 124 Å². The summed E-state index contributed by atoms with van der Waals surface area (Å²) in [5.41, 5.74) is 4.23. The molecule has 0 fully saturated rings. The van der Waals surface area contributed by atoms with Gasteiger partial charge in [0.1, 0.15) is 0 Å². The maximum absolute atomic E-state index is 13.2. The molecule has 3 aromatic carbocycles. The molecular formula is C28H24ClN3O4. The van der Waals surface area contributed by atoms with Gasteiger partial charge in [0.2, 0.25) is 0 Å². The van der Waals surface area contributed by atoms with Crippen molar-refractivity contribution in [1.29, 1.82) is 0 Å². The minimum atomic E-state index is -1.94. The molecule has 1 amide bonds. The summed E-state index contributed by atoms with van der Waals surface area (Å²) in [6.07, 6.45) is 1.47. The number of carbonyl (C=O) groups excluding carboxylic acids is 1. The Kier molecular flexibility index (Phi) is 7.05. The summed E-state index contributed by atoms with van der Waals surface area (Å²) in [6, 6.07) is 23.7. The van der Waals surface area contributed by atoms with Crippen molar-refractivity contribution in [2.75, 3.05) is 0 Å². The number of aromatic carboxylic acids is 1. The van der Waals surface area contributed by atoms with E-state index in [2.05, 4.69) is 10.5 Å². The average molecular weight is 502 g/mol. The number of amides is 1. The second kappa shape index (κ2) is 10.2. The SMILES string of the molecule is Cc1cc(/C=N/NC(=O)C(O)(c2ccccc2)c2ccccc2)c(C)n1-c1cc(C(=O)O)ccc1Cl. The van der Waals surface area contributed by atoms with E-state index in [1.54, 1.807) is 66.7 Å². The number of benzene rings is 3. The number of aliphatic hydroxyl groups is 1. The van der Waals surface area contributed by atoms with Crippen LogP contribution in [0.1, 0.15) is 38.4 Å². The lowest BCUT2D eigenvalue weighted by molar-refractivity contribution is -0.136. The molecule has 3 N–H and O–H groups in total. The number of carbonyl (C=O) groups is 2. The van der Waals surface area contributed by atoms with Gasteiger partial charge >= 0.3 is 5.97 Å². The zero-order chi connectivity index (χ0) is 25.9. The highest BCUT2D eigenvalue weighted by atomic mass is 35.5. The van der Waals surface area contributed by atoms with Crippen LogP contribution < -0.4 is 5.43 Å². The minimum Gasteiger partial charge on any atom is -0.478 e. The summed E-state index contributed by atoms with van der Waals surface area (Å²) in [6.45, 7) is 3.69. The van der Waals surface area contributed by atoms with Gasteiger partial charge in [-0.05, 0) is 49.2 Å². The lowest BCUT2D eigenvalue weighted by Crippen LogP contribution is -2.43. The predicted octanol–water partition coefficient (Wildman–Crippen LogP) is 4.83. The van der Waals surface area contributed by atoms with Crippen molar-refractivity contribution < 1.29 is 19.8 Å². The molecule has 0 saturated carbocycles. The topological polar surface area (TPSA) is 104 Å². The van der Waals surface area contributed by atoms with Gasteiger partial charge in [0, 0.05) is 17.0 Å². The zero-order valence-corrected chi connectivity index (χ0v) is 20.4. The second-order valence-corrected chi connectivity index (χ2v) is 8.68. The smallest absolute Gasteiger partial charge is 0.335 e. The first-order valence-electron chi connectivity index (χ1n) is 11.1. The van der Waals surface area contributed by atoms with Gasteiger partial charge in [0.05, 0.1) is 22.5 Å². The monoisotopic (exact) mass is 501 g/mol. The maximum Gasteiger partial charge on any atom is 0.335 e. The third kappa shape index (κ3) is 4.66. The van der Waals surface area contributed by atoms with E-state index in [0.29, 0.717) is 27.4 Å². The molecule has 0 bridgehead atoms.